The molecule has 0 atom stereocenters. The van der Waals surface area contributed by atoms with Crippen molar-refractivity contribution in [2.75, 3.05) is 52.9 Å². The van der Waals surface area contributed by atoms with Gasteiger partial charge in [0.15, 0.2) is 23.0 Å². The molecule has 0 spiro atoms. The minimum atomic E-state index is -2.38. The number of halogens is 5. The number of carbonyl (C=O) groups is 6. The number of cyclic esters (lactones) is 4. The average Bonchev–Trinajstić information content (AvgIpc) is 2.03. The van der Waals surface area contributed by atoms with Crippen LogP contribution in [0.25, 0.3) is 0 Å². The maximum Gasteiger partial charge on any atom is 0.508 e. The summed E-state index contributed by atoms with van der Waals surface area (Å²) in [4.78, 5) is 70.7. The van der Waals surface area contributed by atoms with Crippen molar-refractivity contribution >= 4 is 36.2 Å². The average molecular weight is 1230 g/mol. The Morgan fingerprint density at radius 2 is 0.739 bits per heavy atom. The highest BCUT2D eigenvalue weighted by Gasteiger charge is 2.44. The molecule has 2 aliphatic heterocycles. The molecule has 9 rings (SSSR count). The van der Waals surface area contributed by atoms with Gasteiger partial charge in [-0.05, 0) is 72.5 Å². The van der Waals surface area contributed by atoms with Gasteiger partial charge in [0.25, 0.3) is 0 Å². The van der Waals surface area contributed by atoms with Gasteiger partial charge < -0.3 is 61.9 Å². The summed E-state index contributed by atoms with van der Waals surface area (Å²) < 4.78 is 128. The predicted octanol–water partition coefficient (Wildman–Crippen LogP) is 11.2. The van der Waals surface area contributed by atoms with Crippen LogP contribution >= 0.6 is 0 Å². The molecular weight excluding hydrogens is 1170 g/mol. The Morgan fingerprint density at radius 3 is 1.10 bits per heavy atom. The van der Waals surface area contributed by atoms with E-state index in [4.69, 9.17) is 47.7 Å². The van der Waals surface area contributed by atoms with E-state index < -0.39 is 95.1 Å². The van der Waals surface area contributed by atoms with Crippen molar-refractivity contribution in [1.82, 2.24) is 0 Å². The molecular formula is C64H57F5O19. The van der Waals surface area contributed by atoms with Gasteiger partial charge in [-0.1, -0.05) is 121 Å². The number of rotatable bonds is 22. The first-order chi connectivity index (χ1) is 42.4. The molecule has 2 heterocycles. The zero-order valence-corrected chi connectivity index (χ0v) is 47.2. The minimum absolute atomic E-state index is 0.0503. The Morgan fingerprint density at radius 1 is 0.420 bits per heavy atom. The number of aliphatic hydroxyl groups excluding tert-OH is 1. The third-order valence-corrected chi connectivity index (χ3v) is 12.6. The van der Waals surface area contributed by atoms with Crippen molar-refractivity contribution in [3.05, 3.63) is 220 Å². The van der Waals surface area contributed by atoms with E-state index >= 15 is 0 Å². The summed E-state index contributed by atoms with van der Waals surface area (Å²) >= 11 is 0. The number of ether oxygens (including phenoxy) is 12. The van der Waals surface area contributed by atoms with Gasteiger partial charge in [-0.3, -0.25) is 9.59 Å². The van der Waals surface area contributed by atoms with E-state index in [-0.39, 0.29) is 51.8 Å². The predicted molar refractivity (Wildman–Crippen MR) is 297 cm³/mol. The summed E-state index contributed by atoms with van der Waals surface area (Å²) in [6, 6.07) is 48.6. The Bertz CT molecular complexity index is 3460. The molecule has 462 valence electrons. The van der Waals surface area contributed by atoms with Crippen LogP contribution < -0.4 is 23.7 Å². The van der Waals surface area contributed by atoms with Crippen LogP contribution in [0.5, 0.6) is 28.7 Å². The van der Waals surface area contributed by atoms with Gasteiger partial charge in [0, 0.05) is 0 Å². The number of hydrogen-bond donors (Lipinski definition) is 1. The van der Waals surface area contributed by atoms with E-state index in [0.29, 0.717) is 48.4 Å². The normalized spacial score (nSPS) is 13.5. The fraction of sp³-hybridized carbons (Fsp3) is 0.250. The maximum atomic E-state index is 13.4. The van der Waals surface area contributed by atoms with Crippen LogP contribution in [-0.4, -0.2) is 94.1 Å². The van der Waals surface area contributed by atoms with E-state index in [1.807, 2.05) is 121 Å². The SMILES string of the molecule is CC1(C(=O)OCCOC(=O)c2ccc(OCc3ccccc3)c(OCc3ccccc3)c2)COC(=O)OC1.CC1(C(=O)Oc2c(F)c(F)c(F)c(F)c2F)COC(=O)OC1.O=C(OCCO)c1ccc(OCc2ccccc2)c(OCc2ccccc2)c1. The lowest BCUT2D eigenvalue weighted by Gasteiger charge is -2.29. The summed E-state index contributed by atoms with van der Waals surface area (Å²) in [5, 5.41) is 8.83. The Balaban J connectivity index is 0.000000196. The van der Waals surface area contributed by atoms with Crippen molar-refractivity contribution in [2.45, 2.75) is 40.3 Å². The molecule has 0 unspecified atom stereocenters. The third kappa shape index (κ3) is 18.6. The molecule has 2 saturated heterocycles. The van der Waals surface area contributed by atoms with Crippen LogP contribution in [0.1, 0.15) is 56.8 Å². The topological polar surface area (TPSA) is 233 Å². The second-order valence-electron chi connectivity index (χ2n) is 19.6. The van der Waals surface area contributed by atoms with Gasteiger partial charge in [-0.2, -0.15) is 8.78 Å². The highest BCUT2D eigenvalue weighted by atomic mass is 19.2. The first kappa shape index (κ1) is 65.3. The van der Waals surface area contributed by atoms with Crippen molar-refractivity contribution in [3.8, 4) is 28.7 Å². The Labute approximate surface area is 500 Å². The van der Waals surface area contributed by atoms with Gasteiger partial charge in [0.05, 0.1) is 17.7 Å². The van der Waals surface area contributed by atoms with Crippen LogP contribution in [0.4, 0.5) is 31.5 Å². The monoisotopic (exact) mass is 1220 g/mol. The van der Waals surface area contributed by atoms with E-state index in [2.05, 4.69) is 14.2 Å². The fourth-order valence-corrected chi connectivity index (χ4v) is 7.59. The van der Waals surface area contributed by atoms with E-state index in [0.717, 1.165) is 29.2 Å². The highest BCUT2D eigenvalue weighted by molar-refractivity contribution is 5.91. The molecule has 1 N–H and O–H groups in total. The van der Waals surface area contributed by atoms with Crippen LogP contribution in [0, 0.1) is 39.9 Å². The van der Waals surface area contributed by atoms with Gasteiger partial charge in [-0.15, -0.1) is 0 Å². The lowest BCUT2D eigenvalue weighted by Crippen LogP contribution is -2.45. The molecule has 19 nitrogen and oxygen atoms in total. The van der Waals surface area contributed by atoms with Gasteiger partial charge in [-0.25, -0.2) is 32.3 Å². The molecule has 0 aliphatic carbocycles. The van der Waals surface area contributed by atoms with Crippen LogP contribution in [0.2, 0.25) is 0 Å². The maximum absolute atomic E-state index is 13.4. The quantitative estimate of drug-likeness (QED) is 0.0126. The summed E-state index contributed by atoms with van der Waals surface area (Å²) in [6.45, 7) is 2.11. The zero-order chi connectivity index (χ0) is 63.1. The van der Waals surface area contributed by atoms with Crippen LogP contribution in [0.3, 0.4) is 0 Å². The number of aliphatic hydroxyl groups is 1. The van der Waals surface area contributed by atoms with Crippen LogP contribution in [0.15, 0.2) is 158 Å². The van der Waals surface area contributed by atoms with Crippen molar-refractivity contribution in [3.63, 3.8) is 0 Å². The molecule has 0 radical (unpaired) electrons. The van der Waals surface area contributed by atoms with Crippen LogP contribution in [-0.2, 0) is 69.2 Å². The second-order valence-corrected chi connectivity index (χ2v) is 19.6. The highest BCUT2D eigenvalue weighted by Crippen LogP contribution is 2.35. The summed E-state index contributed by atoms with van der Waals surface area (Å²) in [5.74, 6) is -14.5. The van der Waals surface area contributed by atoms with E-state index in [1.165, 1.54) is 0 Å². The summed E-state index contributed by atoms with van der Waals surface area (Å²) in [7, 11) is 0. The number of benzene rings is 7. The molecule has 7 aromatic rings. The number of esters is 4. The molecule has 24 heteroatoms. The van der Waals surface area contributed by atoms with Crippen molar-refractivity contribution in [2.24, 2.45) is 10.8 Å². The van der Waals surface area contributed by atoms with E-state index in [9.17, 15) is 50.7 Å². The lowest BCUT2D eigenvalue weighted by atomic mass is 9.92. The first-order valence-electron chi connectivity index (χ1n) is 26.8. The largest absolute Gasteiger partial charge is 0.508 e. The van der Waals surface area contributed by atoms with E-state index in [1.54, 1.807) is 43.3 Å². The molecule has 0 bridgehead atoms. The zero-order valence-electron chi connectivity index (χ0n) is 47.2. The summed E-state index contributed by atoms with van der Waals surface area (Å²) in [5.41, 5.74) is 1.81. The Hall–Kier alpha value is -10.2. The van der Waals surface area contributed by atoms with Gasteiger partial charge in [0.2, 0.25) is 34.8 Å². The van der Waals surface area contributed by atoms with Gasteiger partial charge >= 0.3 is 36.2 Å². The molecule has 7 aromatic carbocycles. The Kier molecular flexibility index (Phi) is 23.6. The molecule has 0 aromatic heterocycles. The van der Waals surface area contributed by atoms with Gasteiger partial charge in [0.1, 0.15) is 83.5 Å². The third-order valence-electron chi connectivity index (χ3n) is 12.6. The minimum Gasteiger partial charge on any atom is -0.485 e. The smallest absolute Gasteiger partial charge is 0.485 e. The molecule has 0 amide bonds. The first-order valence-corrected chi connectivity index (χ1v) is 26.8. The molecule has 0 saturated carbocycles. The molecule has 88 heavy (non-hydrogen) atoms. The standard InChI is InChI=1S/C29H28O9.C23H22O5.C12H7F5O5/c1-29(19-37-28(32)38-20-29)27(31)34-15-14-33-26(30)23-12-13-24(35-17-21-8-4-2-5-9-21)25(16-23)36-18-22-10-6-3-7-11-22;24-13-14-26-23(25)20-11-12-21(27-16-18-7-3-1-4-8-18)22(15-20)28-17-19-9-5-2-6-10-19;1-12(2-20-11(19)21-3-12)10(18)22-9-7(16)5(14)4(13)6(15)8(9)17/h2-13,16H,14-15,17-20H2,1H3;1-12,15,24H,13-14,16-17H2;2-3H2,1H3. The lowest BCUT2D eigenvalue weighted by molar-refractivity contribution is -0.167. The number of hydrogen-bond acceptors (Lipinski definition) is 19. The van der Waals surface area contributed by atoms with Crippen molar-refractivity contribution in [1.29, 1.82) is 0 Å². The number of carbonyl (C=O) groups excluding carboxylic acids is 6. The summed E-state index contributed by atoms with van der Waals surface area (Å²) in [6.07, 6.45) is -1.89. The molecule has 2 aliphatic rings. The molecule has 2 fully saturated rings. The second kappa shape index (κ2) is 31.8. The fourth-order valence-electron chi connectivity index (χ4n) is 7.59. The van der Waals surface area contributed by atoms with Crippen molar-refractivity contribution < 1.29 is 113 Å².